The summed E-state index contributed by atoms with van der Waals surface area (Å²) in [6, 6.07) is 5.70. The van der Waals surface area contributed by atoms with Gasteiger partial charge in [0, 0.05) is 12.2 Å². The molecule has 4 N–H and O–H groups in total. The zero-order valence-electron chi connectivity index (χ0n) is 10.6. The smallest absolute Gasteiger partial charge is 0.320 e. The molecule has 0 saturated heterocycles. The number of aryl methyl sites for hydroxylation is 1. The quantitative estimate of drug-likeness (QED) is 0.759. The molecular weight excluding hydrogens is 228 g/mol. The lowest BCUT2D eigenvalue weighted by atomic mass is 9.89. The largest absolute Gasteiger partial charge is 0.480 e. The Morgan fingerprint density at radius 3 is 3.11 bits per heavy atom. The van der Waals surface area contributed by atoms with Crippen LogP contribution in [0.4, 0.5) is 5.69 Å². The molecule has 2 rings (SSSR count). The average Bonchev–Trinajstić information content (AvgIpc) is 2.35. The molecule has 0 spiro atoms. The molecule has 0 unspecified atom stereocenters. The molecule has 0 fully saturated rings. The van der Waals surface area contributed by atoms with Gasteiger partial charge in [0.05, 0.1) is 0 Å². The van der Waals surface area contributed by atoms with Gasteiger partial charge in [0.15, 0.2) is 0 Å². The summed E-state index contributed by atoms with van der Waals surface area (Å²) in [4.78, 5) is 10.7. The summed E-state index contributed by atoms with van der Waals surface area (Å²) in [5.74, 6) is -0.430. The highest BCUT2D eigenvalue weighted by Gasteiger charge is 2.20. The van der Waals surface area contributed by atoms with Gasteiger partial charge in [-0.1, -0.05) is 12.1 Å². The second-order valence-electron chi connectivity index (χ2n) is 5.13. The molecule has 1 heterocycles. The highest BCUT2D eigenvalue weighted by molar-refractivity contribution is 5.72. The average molecular weight is 248 g/mol. The molecule has 1 aliphatic rings. The second-order valence-corrected chi connectivity index (χ2v) is 5.13. The number of carboxylic acid groups (broad SMARTS) is 1. The summed E-state index contributed by atoms with van der Waals surface area (Å²) in [7, 11) is 0. The van der Waals surface area contributed by atoms with Gasteiger partial charge in [-0.05, 0) is 49.3 Å². The van der Waals surface area contributed by atoms with Crippen molar-refractivity contribution in [2.75, 3.05) is 11.9 Å². The van der Waals surface area contributed by atoms with E-state index in [0.29, 0.717) is 12.3 Å². The van der Waals surface area contributed by atoms with Crippen LogP contribution in [0.2, 0.25) is 0 Å². The predicted octanol–water partition coefficient (Wildman–Crippen LogP) is 1.77. The third-order valence-electron chi connectivity index (χ3n) is 3.56. The van der Waals surface area contributed by atoms with Crippen LogP contribution in [0.25, 0.3) is 0 Å². The first-order valence-corrected chi connectivity index (χ1v) is 6.38. The second kappa shape index (κ2) is 5.40. The topological polar surface area (TPSA) is 75.3 Å². The minimum atomic E-state index is -0.908. The van der Waals surface area contributed by atoms with E-state index in [4.69, 9.17) is 10.8 Å². The lowest BCUT2D eigenvalue weighted by Gasteiger charge is -2.27. The van der Waals surface area contributed by atoms with Crippen molar-refractivity contribution >= 4 is 11.7 Å². The molecule has 1 aromatic carbocycles. The first-order chi connectivity index (χ1) is 8.56. The van der Waals surface area contributed by atoms with Gasteiger partial charge in [-0.25, -0.2) is 0 Å². The van der Waals surface area contributed by atoms with Crippen LogP contribution < -0.4 is 11.1 Å². The monoisotopic (exact) mass is 248 g/mol. The van der Waals surface area contributed by atoms with Gasteiger partial charge in [0.1, 0.15) is 6.04 Å². The Morgan fingerprint density at radius 2 is 2.39 bits per heavy atom. The van der Waals surface area contributed by atoms with E-state index in [-0.39, 0.29) is 0 Å². The molecule has 0 radical (unpaired) electrons. The normalized spacial score (nSPS) is 19.8. The van der Waals surface area contributed by atoms with Crippen LogP contribution in [0, 0.1) is 12.8 Å². The Balaban J connectivity index is 1.92. The molecule has 1 aromatic rings. The van der Waals surface area contributed by atoms with E-state index < -0.39 is 12.0 Å². The lowest BCUT2D eigenvalue weighted by molar-refractivity contribution is -0.138. The predicted molar refractivity (Wildman–Crippen MR) is 71.7 cm³/mol. The number of rotatable bonds is 4. The number of aliphatic carboxylic acids is 1. The van der Waals surface area contributed by atoms with E-state index in [9.17, 15) is 4.79 Å². The van der Waals surface area contributed by atoms with Crippen molar-refractivity contribution in [3.63, 3.8) is 0 Å². The maximum Gasteiger partial charge on any atom is 0.320 e. The van der Waals surface area contributed by atoms with E-state index in [1.54, 1.807) is 0 Å². The highest BCUT2D eigenvalue weighted by Crippen LogP contribution is 2.27. The molecular formula is C14H20N2O2. The number of benzene rings is 1. The number of nitrogens with one attached hydrogen (secondary N) is 1. The minimum absolute atomic E-state index is 0.477. The summed E-state index contributed by atoms with van der Waals surface area (Å²) in [6.45, 7) is 2.99. The summed E-state index contributed by atoms with van der Waals surface area (Å²) in [5.41, 5.74) is 9.32. The Bertz CT molecular complexity index is 445. The third kappa shape index (κ3) is 3.01. The molecule has 4 heteroatoms. The number of carboxylic acids is 1. The Labute approximate surface area is 107 Å². The van der Waals surface area contributed by atoms with Gasteiger partial charge >= 0.3 is 5.97 Å². The fourth-order valence-electron chi connectivity index (χ4n) is 2.41. The summed E-state index contributed by atoms with van der Waals surface area (Å²) < 4.78 is 0. The van der Waals surface area contributed by atoms with Gasteiger partial charge in [-0.15, -0.1) is 0 Å². The molecule has 4 nitrogen and oxygen atoms in total. The maximum absolute atomic E-state index is 10.7. The SMILES string of the molecule is Cc1ccc2c(c1)NC[C@H](CC[C@H](N)C(=O)O)C2. The van der Waals surface area contributed by atoms with Crippen molar-refractivity contribution in [3.8, 4) is 0 Å². The zero-order chi connectivity index (χ0) is 13.1. The fourth-order valence-corrected chi connectivity index (χ4v) is 2.41. The Kier molecular flexibility index (Phi) is 3.87. The van der Waals surface area contributed by atoms with Gasteiger partial charge in [0.25, 0.3) is 0 Å². The number of carbonyl (C=O) groups is 1. The number of anilines is 1. The molecule has 1 aliphatic heterocycles. The van der Waals surface area contributed by atoms with Crippen molar-refractivity contribution in [2.24, 2.45) is 11.7 Å². The van der Waals surface area contributed by atoms with E-state index in [1.807, 2.05) is 0 Å². The van der Waals surface area contributed by atoms with Crippen molar-refractivity contribution in [1.29, 1.82) is 0 Å². The molecule has 0 aromatic heterocycles. The Morgan fingerprint density at radius 1 is 1.61 bits per heavy atom. The highest BCUT2D eigenvalue weighted by atomic mass is 16.4. The van der Waals surface area contributed by atoms with E-state index in [1.165, 1.54) is 16.8 Å². The molecule has 0 amide bonds. The summed E-state index contributed by atoms with van der Waals surface area (Å²) >= 11 is 0. The number of hydrogen-bond donors (Lipinski definition) is 3. The van der Waals surface area contributed by atoms with Crippen LogP contribution >= 0.6 is 0 Å². The van der Waals surface area contributed by atoms with Crippen LogP contribution in [0.3, 0.4) is 0 Å². The van der Waals surface area contributed by atoms with Crippen molar-refractivity contribution in [1.82, 2.24) is 0 Å². The van der Waals surface area contributed by atoms with E-state index >= 15 is 0 Å². The number of hydrogen-bond acceptors (Lipinski definition) is 3. The van der Waals surface area contributed by atoms with Crippen LogP contribution in [-0.2, 0) is 11.2 Å². The zero-order valence-corrected chi connectivity index (χ0v) is 10.6. The van der Waals surface area contributed by atoms with Gasteiger partial charge < -0.3 is 16.2 Å². The van der Waals surface area contributed by atoms with Crippen LogP contribution in [0.5, 0.6) is 0 Å². The van der Waals surface area contributed by atoms with Crippen molar-refractivity contribution < 1.29 is 9.90 Å². The minimum Gasteiger partial charge on any atom is -0.480 e. The third-order valence-corrected chi connectivity index (χ3v) is 3.56. The Hall–Kier alpha value is -1.55. The van der Waals surface area contributed by atoms with Crippen molar-refractivity contribution in [2.45, 2.75) is 32.2 Å². The first-order valence-electron chi connectivity index (χ1n) is 6.38. The van der Waals surface area contributed by atoms with Gasteiger partial charge in [0.2, 0.25) is 0 Å². The van der Waals surface area contributed by atoms with Crippen molar-refractivity contribution in [3.05, 3.63) is 29.3 Å². The van der Waals surface area contributed by atoms with Crippen LogP contribution in [-0.4, -0.2) is 23.7 Å². The van der Waals surface area contributed by atoms with E-state index in [0.717, 1.165) is 19.4 Å². The molecule has 0 aliphatic carbocycles. The molecule has 98 valence electrons. The first kappa shape index (κ1) is 12.9. The lowest BCUT2D eigenvalue weighted by Crippen LogP contribution is -2.32. The van der Waals surface area contributed by atoms with E-state index in [2.05, 4.69) is 30.4 Å². The number of fused-ring (bicyclic) bond motifs is 1. The molecule has 0 saturated carbocycles. The summed E-state index contributed by atoms with van der Waals surface area (Å²) in [5, 5.41) is 12.2. The number of nitrogens with two attached hydrogens (primary N) is 1. The maximum atomic E-state index is 10.7. The van der Waals surface area contributed by atoms with Gasteiger partial charge in [-0.2, -0.15) is 0 Å². The standard InChI is InChI=1S/C14H20N2O2/c1-9-2-4-11-7-10(8-16-13(11)6-9)3-5-12(15)14(17)18/h2,4,6,10,12,16H,3,5,7-8,15H2,1H3,(H,17,18)/t10-,12+/m1/s1. The fraction of sp³-hybridized carbons (Fsp3) is 0.500. The van der Waals surface area contributed by atoms with Crippen LogP contribution in [0.1, 0.15) is 24.0 Å². The molecule has 0 bridgehead atoms. The van der Waals surface area contributed by atoms with Gasteiger partial charge in [-0.3, -0.25) is 4.79 Å². The summed E-state index contributed by atoms with van der Waals surface area (Å²) in [6.07, 6.45) is 2.41. The molecule has 2 atom stereocenters. The molecule has 18 heavy (non-hydrogen) atoms. The van der Waals surface area contributed by atoms with Crippen LogP contribution in [0.15, 0.2) is 18.2 Å².